The molecule has 0 N–H and O–H groups in total. The van der Waals surface area contributed by atoms with E-state index < -0.39 is 0 Å². The van der Waals surface area contributed by atoms with Gasteiger partial charge in [-0.05, 0) is 20.9 Å². The lowest BCUT2D eigenvalue weighted by atomic mass is 10.3. The molecule has 0 aromatic heterocycles. The van der Waals surface area contributed by atoms with Crippen LogP contribution < -0.4 is 0 Å². The van der Waals surface area contributed by atoms with Crippen LogP contribution in [0.25, 0.3) is 0 Å². The van der Waals surface area contributed by atoms with Gasteiger partial charge in [-0.3, -0.25) is 9.69 Å². The molecule has 0 unspecified atom stereocenters. The fourth-order valence-corrected chi connectivity index (χ4v) is 0.870. The first-order valence-electron chi connectivity index (χ1n) is 4.92. The molecule has 0 bridgehead atoms. The molecule has 0 radical (unpaired) electrons. The molecule has 14 heavy (non-hydrogen) atoms. The number of carbonyl (C=O) groups excluding carboxylic acids is 1. The second-order valence-corrected chi connectivity index (χ2v) is 3.82. The van der Waals surface area contributed by atoms with Gasteiger partial charge in [0.15, 0.2) is 0 Å². The van der Waals surface area contributed by atoms with Crippen LogP contribution in [0.4, 0.5) is 0 Å². The van der Waals surface area contributed by atoms with Crippen molar-refractivity contribution in [1.82, 2.24) is 9.80 Å². The minimum atomic E-state index is 0.137. The first-order chi connectivity index (χ1) is 6.49. The highest BCUT2D eigenvalue weighted by molar-refractivity contribution is 5.77. The molecule has 0 heterocycles. The fourth-order valence-electron chi connectivity index (χ4n) is 0.870. The molecule has 0 fully saturated rings. The van der Waals surface area contributed by atoms with Gasteiger partial charge in [0.2, 0.25) is 5.91 Å². The monoisotopic (exact) mass is 202 g/mol. The number of likely N-dealkylation sites (N-methyl/N-ethyl adjacent to an activating group) is 2. The Morgan fingerprint density at radius 3 is 2.36 bits per heavy atom. The zero-order valence-electron chi connectivity index (χ0n) is 9.91. The Labute approximate surface area is 86.8 Å². The summed E-state index contributed by atoms with van der Waals surface area (Å²) in [6.07, 6.45) is 0. The smallest absolute Gasteiger partial charge is 0.236 e. The van der Waals surface area contributed by atoms with Gasteiger partial charge in [0.05, 0.1) is 13.2 Å². The van der Waals surface area contributed by atoms with Gasteiger partial charge in [-0.1, -0.05) is 0 Å². The third-order valence-electron chi connectivity index (χ3n) is 2.32. The van der Waals surface area contributed by atoms with Crippen LogP contribution in [-0.2, 0) is 9.53 Å². The summed E-state index contributed by atoms with van der Waals surface area (Å²) in [6, 6.07) is 0.398. The minimum absolute atomic E-state index is 0.137. The quantitative estimate of drug-likeness (QED) is 0.626. The molecular weight excluding hydrogens is 180 g/mol. The predicted molar refractivity (Wildman–Crippen MR) is 57.3 cm³/mol. The van der Waals surface area contributed by atoms with E-state index in [4.69, 9.17) is 4.74 Å². The van der Waals surface area contributed by atoms with Crippen molar-refractivity contribution in [2.75, 3.05) is 40.9 Å². The lowest BCUT2D eigenvalue weighted by Gasteiger charge is -2.24. The lowest BCUT2D eigenvalue weighted by Crippen LogP contribution is -2.40. The van der Waals surface area contributed by atoms with Crippen molar-refractivity contribution in [3.8, 4) is 0 Å². The van der Waals surface area contributed by atoms with Crippen LogP contribution in [0.15, 0.2) is 0 Å². The highest BCUT2D eigenvalue weighted by Crippen LogP contribution is 1.95. The van der Waals surface area contributed by atoms with Gasteiger partial charge in [0, 0.05) is 26.7 Å². The maximum Gasteiger partial charge on any atom is 0.236 e. The van der Waals surface area contributed by atoms with E-state index in [0.29, 0.717) is 25.7 Å². The molecule has 1 amide bonds. The van der Waals surface area contributed by atoms with Crippen LogP contribution in [0.3, 0.4) is 0 Å². The Balaban J connectivity index is 3.82. The summed E-state index contributed by atoms with van der Waals surface area (Å²) in [5.74, 6) is 0.137. The maximum absolute atomic E-state index is 11.6. The summed E-state index contributed by atoms with van der Waals surface area (Å²) in [5, 5.41) is 0. The van der Waals surface area contributed by atoms with Crippen LogP contribution in [0, 0.1) is 0 Å². The summed E-state index contributed by atoms with van der Waals surface area (Å²) in [6.45, 7) is 5.86. The number of ether oxygens (including phenoxy) is 1. The summed E-state index contributed by atoms with van der Waals surface area (Å²) in [5.41, 5.74) is 0. The predicted octanol–water partition coefficient (Wildman–Crippen LogP) is 0.431. The molecule has 0 aromatic rings. The summed E-state index contributed by atoms with van der Waals surface area (Å²) < 4.78 is 4.91. The molecule has 0 spiro atoms. The average molecular weight is 202 g/mol. The highest BCUT2D eigenvalue weighted by Gasteiger charge is 2.12. The van der Waals surface area contributed by atoms with Crippen LogP contribution in [0.1, 0.15) is 13.8 Å². The van der Waals surface area contributed by atoms with E-state index >= 15 is 0 Å². The SMILES string of the molecule is COCCN(C)C(=O)CN(C)C(C)C. The van der Waals surface area contributed by atoms with Gasteiger partial charge in [0.1, 0.15) is 0 Å². The molecule has 0 atom stereocenters. The van der Waals surface area contributed by atoms with E-state index in [1.807, 2.05) is 11.9 Å². The number of methoxy groups -OCH3 is 1. The van der Waals surface area contributed by atoms with Crippen molar-refractivity contribution >= 4 is 5.91 Å². The standard InChI is InChI=1S/C10H22N2O2/c1-9(2)12(4)8-10(13)11(3)6-7-14-5/h9H,6-8H2,1-5H3. The number of amides is 1. The molecule has 4 nitrogen and oxygen atoms in total. The summed E-state index contributed by atoms with van der Waals surface area (Å²) in [7, 11) is 5.39. The van der Waals surface area contributed by atoms with Gasteiger partial charge in [0.25, 0.3) is 0 Å². The molecule has 0 aliphatic rings. The van der Waals surface area contributed by atoms with Gasteiger partial charge >= 0.3 is 0 Å². The van der Waals surface area contributed by atoms with Crippen molar-refractivity contribution in [3.63, 3.8) is 0 Å². The van der Waals surface area contributed by atoms with Gasteiger partial charge in [-0.25, -0.2) is 0 Å². The average Bonchev–Trinajstić information content (AvgIpc) is 2.13. The van der Waals surface area contributed by atoms with E-state index in [1.54, 1.807) is 19.1 Å². The Kier molecular flexibility index (Phi) is 6.49. The van der Waals surface area contributed by atoms with Crippen molar-refractivity contribution < 1.29 is 9.53 Å². The third kappa shape index (κ3) is 5.19. The van der Waals surface area contributed by atoms with Crippen molar-refractivity contribution in [1.29, 1.82) is 0 Å². The first kappa shape index (κ1) is 13.4. The number of hydrogen-bond donors (Lipinski definition) is 0. The number of carbonyl (C=O) groups is 1. The first-order valence-corrected chi connectivity index (χ1v) is 4.92. The summed E-state index contributed by atoms with van der Waals surface area (Å²) >= 11 is 0. The van der Waals surface area contributed by atoms with Crippen molar-refractivity contribution in [2.24, 2.45) is 0 Å². The largest absolute Gasteiger partial charge is 0.383 e. The Bertz CT molecular complexity index is 172. The number of rotatable bonds is 6. The summed E-state index contributed by atoms with van der Waals surface area (Å²) in [4.78, 5) is 15.3. The van der Waals surface area contributed by atoms with Crippen LogP contribution in [0.5, 0.6) is 0 Å². The van der Waals surface area contributed by atoms with E-state index in [2.05, 4.69) is 13.8 Å². The lowest BCUT2D eigenvalue weighted by molar-refractivity contribution is -0.131. The molecule has 0 rings (SSSR count). The zero-order chi connectivity index (χ0) is 11.1. The second kappa shape index (κ2) is 6.79. The second-order valence-electron chi connectivity index (χ2n) is 3.82. The highest BCUT2D eigenvalue weighted by atomic mass is 16.5. The Morgan fingerprint density at radius 1 is 1.36 bits per heavy atom. The minimum Gasteiger partial charge on any atom is -0.383 e. The number of hydrogen-bond acceptors (Lipinski definition) is 3. The molecule has 84 valence electrons. The van der Waals surface area contributed by atoms with Crippen LogP contribution in [0.2, 0.25) is 0 Å². The number of nitrogens with zero attached hydrogens (tertiary/aromatic N) is 2. The van der Waals surface area contributed by atoms with E-state index in [0.717, 1.165) is 0 Å². The van der Waals surface area contributed by atoms with E-state index in [9.17, 15) is 4.79 Å². The van der Waals surface area contributed by atoms with Crippen LogP contribution in [-0.4, -0.2) is 62.7 Å². The third-order valence-corrected chi connectivity index (χ3v) is 2.32. The van der Waals surface area contributed by atoms with Gasteiger partial charge in [-0.2, -0.15) is 0 Å². The molecule has 0 aromatic carbocycles. The van der Waals surface area contributed by atoms with E-state index in [1.165, 1.54) is 0 Å². The topological polar surface area (TPSA) is 32.8 Å². The van der Waals surface area contributed by atoms with Crippen molar-refractivity contribution in [2.45, 2.75) is 19.9 Å². The normalized spacial score (nSPS) is 11.1. The molecule has 0 saturated carbocycles. The molecule has 0 aliphatic carbocycles. The Hall–Kier alpha value is -0.610. The zero-order valence-corrected chi connectivity index (χ0v) is 9.91. The molecular formula is C10H22N2O2. The van der Waals surface area contributed by atoms with Crippen LogP contribution >= 0.6 is 0 Å². The fraction of sp³-hybridized carbons (Fsp3) is 0.900. The van der Waals surface area contributed by atoms with Gasteiger partial charge < -0.3 is 9.64 Å². The maximum atomic E-state index is 11.6. The molecule has 0 saturated heterocycles. The molecule has 4 heteroatoms. The van der Waals surface area contributed by atoms with Crippen molar-refractivity contribution in [3.05, 3.63) is 0 Å². The van der Waals surface area contributed by atoms with E-state index in [-0.39, 0.29) is 5.91 Å². The van der Waals surface area contributed by atoms with Gasteiger partial charge in [-0.15, -0.1) is 0 Å². The Morgan fingerprint density at radius 2 is 1.93 bits per heavy atom. The molecule has 0 aliphatic heterocycles.